The van der Waals surface area contributed by atoms with Crippen LogP contribution in [0.4, 0.5) is 15.9 Å². The van der Waals surface area contributed by atoms with Crippen LogP contribution in [0.2, 0.25) is 5.02 Å². The minimum absolute atomic E-state index is 0.00831. The molecule has 6 heterocycles. The molecule has 2 aromatic heterocycles. The summed E-state index contributed by atoms with van der Waals surface area (Å²) in [6.07, 6.45) is 6.29. The number of benzene rings is 2. The number of imide groups is 2. The Labute approximate surface area is 354 Å². The third kappa shape index (κ3) is 8.13. The number of amides is 5. The molecule has 9 rings (SSSR count). The van der Waals surface area contributed by atoms with Gasteiger partial charge >= 0.3 is 0 Å². The minimum atomic E-state index is -1.11. The molecule has 3 N–H and O–H groups in total. The van der Waals surface area contributed by atoms with E-state index in [9.17, 15) is 24.0 Å². The first-order chi connectivity index (χ1) is 29.5. The Morgan fingerprint density at radius 3 is 2.28 bits per heavy atom. The summed E-state index contributed by atoms with van der Waals surface area (Å²) in [4.78, 5) is 74.5. The van der Waals surface area contributed by atoms with E-state index in [0.717, 1.165) is 80.5 Å². The average Bonchev–Trinajstić information content (AvgIpc) is 3.87. The molecule has 0 radical (unpaired) electrons. The number of hydrogen-bond donors (Lipinski definition) is 2. The molecule has 2 aromatic carbocycles. The number of nitrogens with two attached hydrogens (primary N) is 1. The Morgan fingerprint density at radius 1 is 0.869 bits per heavy atom. The number of halogens is 2. The number of ether oxygens (including phenoxy) is 1. The van der Waals surface area contributed by atoms with Crippen molar-refractivity contribution < 1.29 is 37.6 Å². The Hall–Kier alpha value is -6.01. The number of hydrogen-bond acceptors (Lipinski definition) is 14. The van der Waals surface area contributed by atoms with E-state index in [1.807, 2.05) is 23.1 Å². The van der Waals surface area contributed by atoms with Crippen LogP contribution >= 0.6 is 11.6 Å². The van der Waals surface area contributed by atoms with Crippen molar-refractivity contribution in [3.05, 3.63) is 76.0 Å². The lowest BCUT2D eigenvalue weighted by molar-refractivity contribution is -0.136. The molecule has 4 aromatic rings. The van der Waals surface area contributed by atoms with E-state index in [4.69, 9.17) is 26.6 Å². The number of carbonyl (C=O) groups is 5. The summed E-state index contributed by atoms with van der Waals surface area (Å²) in [7, 11) is 0. The van der Waals surface area contributed by atoms with Crippen molar-refractivity contribution >= 4 is 52.6 Å². The molecule has 1 aliphatic carbocycles. The number of piperidine rings is 2. The number of nitrogens with zero attached hydrogens (tertiary/aromatic N) is 8. The summed E-state index contributed by atoms with van der Waals surface area (Å²) in [5.41, 5.74) is 7.71. The third-order valence-corrected chi connectivity index (χ3v) is 13.0. The topological polar surface area (TPSA) is 210 Å². The predicted octanol–water partition coefficient (Wildman–Crippen LogP) is 3.96. The Kier molecular flexibility index (Phi) is 11.1. The van der Waals surface area contributed by atoms with Crippen LogP contribution < -0.4 is 25.6 Å². The molecule has 1 saturated carbocycles. The SMILES string of the molecule is NC(=O)c1nnc(N2CCC(CN3CCN(c4cc5c(cc4F)C(=O)N([C@@H]4CCC(=O)NC4=O)C5=O)CC3)CC2)cc1C1CCC(Oc2ccc(-c3ncon3)c(Cl)c2)CC1. The summed E-state index contributed by atoms with van der Waals surface area (Å²) in [6.45, 7) is 4.93. The zero-order valence-electron chi connectivity index (χ0n) is 33.2. The molecule has 17 nitrogen and oxygen atoms in total. The van der Waals surface area contributed by atoms with Gasteiger partial charge in [0, 0.05) is 57.8 Å². The van der Waals surface area contributed by atoms with Gasteiger partial charge in [0.25, 0.3) is 17.7 Å². The first kappa shape index (κ1) is 40.4. The zero-order chi connectivity index (χ0) is 42.4. The first-order valence-corrected chi connectivity index (χ1v) is 21.1. The number of rotatable bonds is 10. The highest BCUT2D eigenvalue weighted by atomic mass is 35.5. The van der Waals surface area contributed by atoms with Gasteiger partial charge in [0.05, 0.1) is 27.9 Å². The number of aromatic nitrogens is 4. The second kappa shape index (κ2) is 16.8. The van der Waals surface area contributed by atoms with E-state index in [-0.39, 0.29) is 47.4 Å². The van der Waals surface area contributed by atoms with Gasteiger partial charge in [-0.3, -0.25) is 39.1 Å². The number of carbonyl (C=O) groups excluding carboxylic acids is 5. The maximum absolute atomic E-state index is 15.5. The van der Waals surface area contributed by atoms with E-state index >= 15 is 4.39 Å². The molecule has 318 valence electrons. The van der Waals surface area contributed by atoms with Crippen molar-refractivity contribution in [2.75, 3.05) is 55.6 Å². The standard InChI is InChI=1S/C42H44ClFN10O7/c43-31-17-26(5-6-27(31)39-46-22-60-50-39)61-25-3-1-24(2-4-25)28-20-35(48-49-37(28)38(45)56)53-11-9-23(10-12-53)21-51-13-15-52(16-14-51)34-19-30-29(18-32(34)44)41(58)54(42(30)59)33-7-8-36(55)47-40(33)57/h5-6,17-20,22-25,33H,1-4,7-16,21H2,(H2,45,56)(H,47,55,57)/t24?,25?,33-/m1/s1. The molecule has 3 saturated heterocycles. The van der Waals surface area contributed by atoms with Gasteiger partial charge in [-0.25, -0.2) is 4.39 Å². The summed E-state index contributed by atoms with van der Waals surface area (Å²) < 4.78 is 26.6. The maximum atomic E-state index is 15.5. The highest BCUT2D eigenvalue weighted by Crippen LogP contribution is 2.39. The van der Waals surface area contributed by atoms with Crippen molar-refractivity contribution in [1.29, 1.82) is 0 Å². The summed E-state index contributed by atoms with van der Waals surface area (Å²) in [5, 5.41) is 15.3. The molecule has 19 heteroatoms. The van der Waals surface area contributed by atoms with Crippen LogP contribution in [-0.4, -0.2) is 118 Å². The molecule has 4 fully saturated rings. The average molecular weight is 855 g/mol. The smallest absolute Gasteiger partial charge is 0.269 e. The summed E-state index contributed by atoms with van der Waals surface area (Å²) in [5.74, 6) is -1.43. The molecule has 5 amide bonds. The van der Waals surface area contributed by atoms with Gasteiger partial charge in [0.1, 0.15) is 17.6 Å². The number of fused-ring (bicyclic) bond motifs is 1. The third-order valence-electron chi connectivity index (χ3n) is 12.7. The van der Waals surface area contributed by atoms with Gasteiger partial charge in [-0.15, -0.1) is 10.2 Å². The number of primary amides is 1. The Bertz CT molecular complexity index is 2380. The van der Waals surface area contributed by atoms with Crippen LogP contribution in [0.3, 0.4) is 0 Å². The van der Waals surface area contributed by atoms with E-state index in [1.54, 1.807) is 6.07 Å². The molecule has 5 aliphatic rings. The lowest BCUT2D eigenvalue weighted by atomic mass is 9.82. The van der Waals surface area contributed by atoms with E-state index in [1.165, 1.54) is 12.5 Å². The minimum Gasteiger partial charge on any atom is -0.490 e. The van der Waals surface area contributed by atoms with Gasteiger partial charge in [0.2, 0.25) is 24.0 Å². The van der Waals surface area contributed by atoms with Crippen LogP contribution in [0.5, 0.6) is 5.75 Å². The fraction of sp³-hybridized carbons (Fsp3) is 0.452. The molecule has 61 heavy (non-hydrogen) atoms. The number of piperazine rings is 1. The fourth-order valence-electron chi connectivity index (χ4n) is 9.38. The molecule has 4 aliphatic heterocycles. The summed E-state index contributed by atoms with van der Waals surface area (Å²) in [6, 6.07) is 8.79. The van der Waals surface area contributed by atoms with Gasteiger partial charge in [-0.2, -0.15) is 4.98 Å². The van der Waals surface area contributed by atoms with Crippen molar-refractivity contribution in [3.8, 4) is 17.1 Å². The maximum Gasteiger partial charge on any atom is 0.269 e. The number of anilines is 2. The second-order valence-corrected chi connectivity index (χ2v) is 16.8. The van der Waals surface area contributed by atoms with E-state index in [0.29, 0.717) is 54.3 Å². The lowest BCUT2D eigenvalue weighted by Gasteiger charge is -2.40. The predicted molar refractivity (Wildman–Crippen MR) is 218 cm³/mol. The van der Waals surface area contributed by atoms with Crippen molar-refractivity contribution in [2.45, 2.75) is 69.4 Å². The quantitative estimate of drug-likeness (QED) is 0.217. The first-order valence-electron chi connectivity index (χ1n) is 20.7. The number of nitrogens with one attached hydrogen (secondary N) is 1. The van der Waals surface area contributed by atoms with Crippen molar-refractivity contribution in [1.82, 2.24) is 35.5 Å². The fourth-order valence-corrected chi connectivity index (χ4v) is 9.63. The largest absolute Gasteiger partial charge is 0.490 e. The Morgan fingerprint density at radius 2 is 1.61 bits per heavy atom. The zero-order valence-corrected chi connectivity index (χ0v) is 34.0. The molecular formula is C42H44ClFN10O7. The Balaban J connectivity index is 0.765. The van der Waals surface area contributed by atoms with Crippen molar-refractivity contribution in [3.63, 3.8) is 0 Å². The lowest BCUT2D eigenvalue weighted by Crippen LogP contribution is -2.54. The molecule has 0 bridgehead atoms. The van der Waals surface area contributed by atoms with Crippen LogP contribution in [0, 0.1) is 11.7 Å². The summed E-state index contributed by atoms with van der Waals surface area (Å²) >= 11 is 6.49. The van der Waals surface area contributed by atoms with E-state index < -0.39 is 41.4 Å². The second-order valence-electron chi connectivity index (χ2n) is 16.4. The van der Waals surface area contributed by atoms with Gasteiger partial charge in [0.15, 0.2) is 11.5 Å². The van der Waals surface area contributed by atoms with Crippen LogP contribution in [0.25, 0.3) is 11.4 Å². The molecule has 0 spiro atoms. The van der Waals surface area contributed by atoms with Crippen LogP contribution in [0.1, 0.15) is 94.1 Å². The highest BCUT2D eigenvalue weighted by Gasteiger charge is 2.45. The van der Waals surface area contributed by atoms with Crippen LogP contribution in [-0.2, 0) is 9.59 Å². The molecule has 1 atom stereocenters. The van der Waals surface area contributed by atoms with Crippen molar-refractivity contribution in [2.24, 2.45) is 11.7 Å². The van der Waals surface area contributed by atoms with E-state index in [2.05, 4.69) is 35.5 Å². The van der Waals surface area contributed by atoms with Gasteiger partial charge < -0.3 is 24.8 Å². The van der Waals surface area contributed by atoms with Gasteiger partial charge in [-0.1, -0.05) is 16.8 Å². The van der Waals surface area contributed by atoms with Crippen LogP contribution in [0.15, 0.2) is 47.3 Å². The van der Waals surface area contributed by atoms with Gasteiger partial charge in [-0.05, 0) is 98.7 Å². The normalized spacial score (nSPS) is 22.7. The molecular weight excluding hydrogens is 811 g/mol. The monoisotopic (exact) mass is 854 g/mol. The molecule has 0 unspecified atom stereocenters. The highest BCUT2D eigenvalue weighted by molar-refractivity contribution is 6.33.